The van der Waals surface area contributed by atoms with Crippen LogP contribution in [0, 0.1) is 12.9 Å². The van der Waals surface area contributed by atoms with Gasteiger partial charge in [0.2, 0.25) is 5.95 Å². The normalized spacial score (nSPS) is 11.9. The first-order chi connectivity index (χ1) is 6.86. The summed E-state index contributed by atoms with van der Waals surface area (Å²) in [4.78, 5) is 5.96. The molecule has 15 heavy (non-hydrogen) atoms. The molecule has 84 valence electrons. The zero-order chi connectivity index (χ0) is 11.6. The van der Waals surface area contributed by atoms with Gasteiger partial charge >= 0.3 is 6.18 Å². The van der Waals surface area contributed by atoms with Gasteiger partial charge in [-0.2, -0.15) is 17.6 Å². The SMILES string of the molecule is CCSc1c(F)nc(C)nc1C(F)(F)F. The first-order valence-electron chi connectivity index (χ1n) is 4.10. The van der Waals surface area contributed by atoms with E-state index in [1.807, 2.05) is 0 Å². The minimum atomic E-state index is -4.65. The number of halogens is 4. The molecule has 0 unspecified atom stereocenters. The molecule has 0 saturated carbocycles. The van der Waals surface area contributed by atoms with Gasteiger partial charge in [-0.25, -0.2) is 9.97 Å². The lowest BCUT2D eigenvalue weighted by atomic mass is 10.4. The molecule has 0 aromatic carbocycles. The van der Waals surface area contributed by atoms with Crippen molar-refractivity contribution in [2.75, 3.05) is 5.75 Å². The van der Waals surface area contributed by atoms with Crippen LogP contribution in [0.25, 0.3) is 0 Å². The molecule has 0 aliphatic rings. The minimum Gasteiger partial charge on any atom is -0.227 e. The second-order valence-corrected chi connectivity index (χ2v) is 3.94. The summed E-state index contributed by atoms with van der Waals surface area (Å²) in [5.41, 5.74) is -1.20. The van der Waals surface area contributed by atoms with Crippen LogP contribution in [0.15, 0.2) is 4.90 Å². The summed E-state index contributed by atoms with van der Waals surface area (Å²) in [5, 5.41) is 0. The quantitative estimate of drug-likeness (QED) is 0.451. The number of hydrogen-bond acceptors (Lipinski definition) is 3. The Labute approximate surface area is 88.1 Å². The van der Waals surface area contributed by atoms with Crippen molar-refractivity contribution < 1.29 is 17.6 Å². The van der Waals surface area contributed by atoms with Crippen molar-refractivity contribution in [3.05, 3.63) is 17.5 Å². The van der Waals surface area contributed by atoms with Crippen LogP contribution in [0.2, 0.25) is 0 Å². The number of alkyl halides is 3. The van der Waals surface area contributed by atoms with Gasteiger partial charge in [0.1, 0.15) is 5.82 Å². The van der Waals surface area contributed by atoms with Crippen molar-refractivity contribution in [3.63, 3.8) is 0 Å². The Kier molecular flexibility index (Phi) is 3.54. The molecular weight excluding hydrogens is 232 g/mol. The number of hydrogen-bond donors (Lipinski definition) is 0. The summed E-state index contributed by atoms with van der Waals surface area (Å²) in [6.45, 7) is 2.85. The van der Waals surface area contributed by atoms with E-state index < -0.39 is 22.7 Å². The van der Waals surface area contributed by atoms with E-state index in [1.54, 1.807) is 6.92 Å². The first kappa shape index (κ1) is 12.2. The van der Waals surface area contributed by atoms with Crippen molar-refractivity contribution in [3.8, 4) is 0 Å². The predicted molar refractivity (Wildman–Crippen MR) is 48.1 cm³/mol. The van der Waals surface area contributed by atoms with Crippen LogP contribution < -0.4 is 0 Å². The highest BCUT2D eigenvalue weighted by Crippen LogP contribution is 2.36. The predicted octanol–water partition coefficient (Wildman–Crippen LogP) is 3.05. The van der Waals surface area contributed by atoms with E-state index in [-0.39, 0.29) is 5.82 Å². The topological polar surface area (TPSA) is 25.8 Å². The maximum absolute atomic E-state index is 13.2. The molecule has 0 radical (unpaired) electrons. The van der Waals surface area contributed by atoms with E-state index in [9.17, 15) is 17.6 Å². The molecule has 0 saturated heterocycles. The van der Waals surface area contributed by atoms with Gasteiger partial charge in [0.25, 0.3) is 0 Å². The Morgan fingerprint density at radius 1 is 1.27 bits per heavy atom. The third-order valence-electron chi connectivity index (χ3n) is 1.49. The molecular formula is C8H8F4N2S. The molecule has 0 spiro atoms. The number of thioether (sulfide) groups is 1. The van der Waals surface area contributed by atoms with Gasteiger partial charge in [-0.05, 0) is 12.7 Å². The average molecular weight is 240 g/mol. The molecule has 0 aliphatic heterocycles. The second-order valence-electron chi connectivity index (χ2n) is 2.67. The lowest BCUT2D eigenvalue weighted by Crippen LogP contribution is -2.13. The van der Waals surface area contributed by atoms with E-state index in [2.05, 4.69) is 9.97 Å². The number of nitrogens with zero attached hydrogens (tertiary/aromatic N) is 2. The van der Waals surface area contributed by atoms with Crippen LogP contribution in [-0.2, 0) is 6.18 Å². The van der Waals surface area contributed by atoms with Gasteiger partial charge in [0, 0.05) is 0 Å². The summed E-state index contributed by atoms with van der Waals surface area (Å²) in [7, 11) is 0. The van der Waals surface area contributed by atoms with Gasteiger partial charge in [-0.3, -0.25) is 0 Å². The third-order valence-corrected chi connectivity index (χ3v) is 2.43. The maximum Gasteiger partial charge on any atom is 0.434 e. The molecule has 2 nitrogen and oxygen atoms in total. The smallest absolute Gasteiger partial charge is 0.227 e. The average Bonchev–Trinajstić information content (AvgIpc) is 2.07. The number of rotatable bonds is 2. The Hall–Kier alpha value is -0.850. The maximum atomic E-state index is 13.2. The molecule has 1 aromatic rings. The summed E-state index contributed by atoms with van der Waals surface area (Å²) in [6, 6.07) is 0. The second kappa shape index (κ2) is 4.34. The fraction of sp³-hybridized carbons (Fsp3) is 0.500. The molecule has 0 aliphatic carbocycles. The van der Waals surface area contributed by atoms with Crippen LogP contribution in [0.4, 0.5) is 17.6 Å². The van der Waals surface area contributed by atoms with E-state index in [1.165, 1.54) is 6.92 Å². The van der Waals surface area contributed by atoms with E-state index in [4.69, 9.17) is 0 Å². The molecule has 0 atom stereocenters. The van der Waals surface area contributed by atoms with Crippen LogP contribution >= 0.6 is 11.8 Å². The molecule has 1 rings (SSSR count). The first-order valence-corrected chi connectivity index (χ1v) is 5.09. The Morgan fingerprint density at radius 3 is 2.33 bits per heavy atom. The highest BCUT2D eigenvalue weighted by molar-refractivity contribution is 7.99. The zero-order valence-electron chi connectivity index (χ0n) is 8.02. The fourth-order valence-electron chi connectivity index (χ4n) is 0.992. The van der Waals surface area contributed by atoms with Crippen LogP contribution in [0.1, 0.15) is 18.4 Å². The van der Waals surface area contributed by atoms with Crippen molar-refractivity contribution >= 4 is 11.8 Å². The monoisotopic (exact) mass is 240 g/mol. The van der Waals surface area contributed by atoms with E-state index in [0.717, 1.165) is 11.8 Å². The highest BCUT2D eigenvalue weighted by Gasteiger charge is 2.37. The minimum absolute atomic E-state index is 0.222. The largest absolute Gasteiger partial charge is 0.434 e. The van der Waals surface area contributed by atoms with Crippen molar-refractivity contribution in [1.29, 1.82) is 0 Å². The number of aryl methyl sites for hydroxylation is 1. The van der Waals surface area contributed by atoms with Gasteiger partial charge < -0.3 is 0 Å². The van der Waals surface area contributed by atoms with Crippen molar-refractivity contribution in [2.24, 2.45) is 0 Å². The fourth-order valence-corrected chi connectivity index (χ4v) is 1.74. The summed E-state index contributed by atoms with van der Waals surface area (Å²) >= 11 is 0.744. The molecule has 0 fully saturated rings. The third kappa shape index (κ3) is 2.80. The van der Waals surface area contributed by atoms with Crippen LogP contribution in [0.5, 0.6) is 0 Å². The van der Waals surface area contributed by atoms with Crippen molar-refractivity contribution in [1.82, 2.24) is 9.97 Å². The van der Waals surface area contributed by atoms with E-state index >= 15 is 0 Å². The lowest BCUT2D eigenvalue weighted by molar-refractivity contribution is -0.144. The Bertz CT molecular complexity index is 364. The number of aromatic nitrogens is 2. The molecule has 0 bridgehead atoms. The molecule has 1 heterocycles. The molecule has 1 aromatic heterocycles. The lowest BCUT2D eigenvalue weighted by Gasteiger charge is -2.11. The molecule has 7 heteroatoms. The van der Waals surface area contributed by atoms with Gasteiger partial charge in [-0.1, -0.05) is 6.92 Å². The van der Waals surface area contributed by atoms with Gasteiger partial charge in [0.05, 0.1) is 4.90 Å². The summed E-state index contributed by atoms with van der Waals surface area (Å²) in [6.07, 6.45) is -4.65. The van der Waals surface area contributed by atoms with Crippen LogP contribution in [-0.4, -0.2) is 15.7 Å². The van der Waals surface area contributed by atoms with Gasteiger partial charge in [0.15, 0.2) is 5.69 Å². The zero-order valence-corrected chi connectivity index (χ0v) is 8.84. The van der Waals surface area contributed by atoms with Gasteiger partial charge in [-0.15, -0.1) is 11.8 Å². The summed E-state index contributed by atoms with van der Waals surface area (Å²) in [5.74, 6) is -1.01. The summed E-state index contributed by atoms with van der Waals surface area (Å²) < 4.78 is 50.5. The van der Waals surface area contributed by atoms with E-state index in [0.29, 0.717) is 5.75 Å². The van der Waals surface area contributed by atoms with Crippen molar-refractivity contribution in [2.45, 2.75) is 24.9 Å². The molecule has 0 amide bonds. The Balaban J connectivity index is 3.33. The standard InChI is InChI=1S/C8H8F4N2S/c1-3-15-5-6(8(10,11)12)13-4(2)14-7(5)9/h3H2,1-2H3. The van der Waals surface area contributed by atoms with Crippen LogP contribution in [0.3, 0.4) is 0 Å². The Morgan fingerprint density at radius 2 is 1.87 bits per heavy atom. The molecule has 0 N–H and O–H groups in total. The highest BCUT2D eigenvalue weighted by atomic mass is 32.2.